The van der Waals surface area contributed by atoms with Gasteiger partial charge in [0.15, 0.2) is 5.16 Å². The highest BCUT2D eigenvalue weighted by atomic mass is 79.9. The van der Waals surface area contributed by atoms with Crippen molar-refractivity contribution in [1.82, 2.24) is 9.55 Å². The number of hydrogen-bond acceptors (Lipinski definition) is 5. The molecule has 0 aliphatic carbocycles. The van der Waals surface area contributed by atoms with Crippen LogP contribution in [0.5, 0.6) is 0 Å². The van der Waals surface area contributed by atoms with E-state index >= 15 is 0 Å². The summed E-state index contributed by atoms with van der Waals surface area (Å²) in [7, 11) is 0. The first-order valence-corrected chi connectivity index (χ1v) is 11.4. The molecule has 2 heterocycles. The smallest absolute Gasteiger partial charge is 0.276 e. The van der Waals surface area contributed by atoms with E-state index in [-0.39, 0.29) is 17.2 Å². The number of aromatic nitrogens is 2. The molecule has 29 heavy (non-hydrogen) atoms. The van der Waals surface area contributed by atoms with Gasteiger partial charge in [-0.1, -0.05) is 45.9 Å². The third-order valence-corrected chi connectivity index (χ3v) is 6.96. The molecule has 0 saturated carbocycles. The number of anilines is 1. The number of rotatable bonds is 5. The van der Waals surface area contributed by atoms with E-state index in [9.17, 15) is 9.59 Å². The number of para-hydroxylation sites is 1. The summed E-state index contributed by atoms with van der Waals surface area (Å²) in [6.07, 6.45) is 0. The van der Waals surface area contributed by atoms with Crippen LogP contribution in [0.2, 0.25) is 0 Å². The molecule has 0 atom stereocenters. The van der Waals surface area contributed by atoms with Crippen LogP contribution in [-0.2, 0) is 4.79 Å². The average Bonchev–Trinajstić information content (AvgIpc) is 3.19. The third-order valence-electron chi connectivity index (χ3n) is 4.24. The van der Waals surface area contributed by atoms with Gasteiger partial charge in [0.1, 0.15) is 4.70 Å². The average molecular weight is 486 g/mol. The van der Waals surface area contributed by atoms with Crippen LogP contribution in [0.25, 0.3) is 15.9 Å². The molecule has 2 aromatic heterocycles. The van der Waals surface area contributed by atoms with E-state index < -0.39 is 0 Å². The second-order valence-corrected chi connectivity index (χ2v) is 9.02. The van der Waals surface area contributed by atoms with Gasteiger partial charge in [0.05, 0.1) is 17.0 Å². The van der Waals surface area contributed by atoms with E-state index in [1.54, 1.807) is 4.57 Å². The Balaban J connectivity index is 1.61. The zero-order valence-corrected chi connectivity index (χ0v) is 18.6. The van der Waals surface area contributed by atoms with Gasteiger partial charge in [0.25, 0.3) is 5.56 Å². The molecular weight excluding hydrogens is 470 g/mol. The summed E-state index contributed by atoms with van der Waals surface area (Å²) < 4.78 is 3.17. The second-order valence-electron chi connectivity index (χ2n) is 6.31. The normalized spacial score (nSPS) is 11.0. The molecule has 4 aromatic rings. The van der Waals surface area contributed by atoms with Gasteiger partial charge in [0, 0.05) is 10.2 Å². The Morgan fingerprint density at radius 3 is 2.76 bits per heavy atom. The molecule has 146 valence electrons. The number of hydrogen-bond donors (Lipinski definition) is 1. The van der Waals surface area contributed by atoms with E-state index in [0.29, 0.717) is 15.4 Å². The Morgan fingerprint density at radius 2 is 2.00 bits per heavy atom. The highest BCUT2D eigenvalue weighted by Gasteiger charge is 2.15. The first kappa shape index (κ1) is 19.9. The molecule has 0 aliphatic rings. The minimum atomic E-state index is -0.156. The molecule has 0 radical (unpaired) electrons. The summed E-state index contributed by atoms with van der Waals surface area (Å²) in [6.45, 7) is 1.97. The number of carbonyl (C=O) groups is 1. The van der Waals surface area contributed by atoms with Crippen LogP contribution in [-0.4, -0.2) is 21.2 Å². The molecule has 1 amide bonds. The van der Waals surface area contributed by atoms with Crippen molar-refractivity contribution >= 4 is 60.8 Å². The van der Waals surface area contributed by atoms with Gasteiger partial charge in [-0.2, -0.15) is 0 Å². The molecule has 0 spiro atoms. The molecule has 0 saturated heterocycles. The number of halogens is 1. The number of amides is 1. The van der Waals surface area contributed by atoms with Gasteiger partial charge < -0.3 is 5.32 Å². The van der Waals surface area contributed by atoms with Crippen molar-refractivity contribution < 1.29 is 4.79 Å². The second kappa shape index (κ2) is 8.52. The predicted octanol–water partition coefficient (Wildman–Crippen LogP) is 5.25. The van der Waals surface area contributed by atoms with E-state index in [4.69, 9.17) is 0 Å². The predicted molar refractivity (Wildman–Crippen MR) is 123 cm³/mol. The Hall–Kier alpha value is -2.42. The van der Waals surface area contributed by atoms with Crippen molar-refractivity contribution in [3.8, 4) is 5.69 Å². The molecule has 4 rings (SSSR count). The molecular formula is C21H16BrN3O2S2. The number of thioether (sulfide) groups is 1. The van der Waals surface area contributed by atoms with Crippen molar-refractivity contribution in [3.63, 3.8) is 0 Å². The summed E-state index contributed by atoms with van der Waals surface area (Å²) in [5.41, 5.74) is 3.03. The van der Waals surface area contributed by atoms with Crippen LogP contribution < -0.4 is 10.9 Å². The number of nitrogens with zero attached hydrogens (tertiary/aromatic N) is 2. The maximum Gasteiger partial charge on any atom is 0.276 e. The summed E-state index contributed by atoms with van der Waals surface area (Å²) in [5, 5.41) is 5.24. The van der Waals surface area contributed by atoms with Crippen molar-refractivity contribution in [2.75, 3.05) is 11.1 Å². The molecule has 0 fully saturated rings. The van der Waals surface area contributed by atoms with E-state index in [1.165, 1.54) is 23.1 Å². The van der Waals surface area contributed by atoms with Gasteiger partial charge in [-0.3, -0.25) is 14.2 Å². The van der Waals surface area contributed by atoms with Crippen LogP contribution in [0.15, 0.2) is 74.4 Å². The van der Waals surface area contributed by atoms with Crippen molar-refractivity contribution in [2.24, 2.45) is 0 Å². The van der Waals surface area contributed by atoms with E-state index in [2.05, 4.69) is 26.2 Å². The maximum absolute atomic E-state index is 13.0. The molecule has 0 aliphatic heterocycles. The zero-order chi connectivity index (χ0) is 20.4. The standard InChI is InChI=1S/C21H16BrN3O2S2/c1-13-11-14(7-8-16(13)22)23-18(26)12-29-21-24-17-9-10-28-19(17)20(27)25(21)15-5-3-2-4-6-15/h2-11H,12H2,1H3,(H,23,26). The van der Waals surface area contributed by atoms with Crippen LogP contribution in [0.1, 0.15) is 5.56 Å². The summed E-state index contributed by atoms with van der Waals surface area (Å²) in [5.74, 6) is -0.0136. The Kier molecular flexibility index (Phi) is 5.84. The lowest BCUT2D eigenvalue weighted by Crippen LogP contribution is -2.22. The molecule has 8 heteroatoms. The summed E-state index contributed by atoms with van der Waals surface area (Å²) in [6, 6.07) is 16.8. The summed E-state index contributed by atoms with van der Waals surface area (Å²) >= 11 is 6.07. The van der Waals surface area contributed by atoms with Gasteiger partial charge >= 0.3 is 0 Å². The van der Waals surface area contributed by atoms with Crippen LogP contribution in [0, 0.1) is 6.92 Å². The van der Waals surface area contributed by atoms with Crippen molar-refractivity contribution in [1.29, 1.82) is 0 Å². The SMILES string of the molecule is Cc1cc(NC(=O)CSc2nc3ccsc3c(=O)n2-c2ccccc2)ccc1Br. The highest BCUT2D eigenvalue weighted by molar-refractivity contribution is 9.10. The fraction of sp³-hybridized carbons (Fsp3) is 0.0952. The lowest BCUT2D eigenvalue weighted by Gasteiger charge is -2.12. The lowest BCUT2D eigenvalue weighted by atomic mass is 10.2. The number of benzene rings is 2. The molecule has 5 nitrogen and oxygen atoms in total. The van der Waals surface area contributed by atoms with Gasteiger partial charge in [0.2, 0.25) is 5.91 Å². The monoisotopic (exact) mass is 485 g/mol. The zero-order valence-electron chi connectivity index (χ0n) is 15.4. The Morgan fingerprint density at radius 1 is 1.21 bits per heavy atom. The minimum Gasteiger partial charge on any atom is -0.325 e. The first-order chi connectivity index (χ1) is 14.0. The number of nitrogens with one attached hydrogen (secondary N) is 1. The number of aryl methyl sites for hydroxylation is 1. The number of fused-ring (bicyclic) bond motifs is 1. The maximum atomic E-state index is 13.0. The fourth-order valence-corrected chi connectivity index (χ4v) is 4.66. The van der Waals surface area contributed by atoms with Crippen LogP contribution >= 0.6 is 39.0 Å². The van der Waals surface area contributed by atoms with E-state index in [0.717, 1.165) is 21.4 Å². The lowest BCUT2D eigenvalue weighted by molar-refractivity contribution is -0.113. The Bertz CT molecular complexity index is 1250. The topological polar surface area (TPSA) is 64.0 Å². The highest BCUT2D eigenvalue weighted by Crippen LogP contribution is 2.24. The van der Waals surface area contributed by atoms with Crippen molar-refractivity contribution in [2.45, 2.75) is 12.1 Å². The van der Waals surface area contributed by atoms with Gasteiger partial charge in [-0.25, -0.2) is 4.98 Å². The molecule has 0 unspecified atom stereocenters. The Labute approximate surface area is 183 Å². The van der Waals surface area contributed by atoms with Gasteiger partial charge in [-0.15, -0.1) is 11.3 Å². The number of thiophene rings is 1. The largest absolute Gasteiger partial charge is 0.325 e. The van der Waals surface area contributed by atoms with Gasteiger partial charge in [-0.05, 0) is 54.3 Å². The van der Waals surface area contributed by atoms with Crippen molar-refractivity contribution in [3.05, 3.63) is 80.4 Å². The fourth-order valence-electron chi connectivity index (χ4n) is 2.84. The third kappa shape index (κ3) is 4.29. The molecule has 0 bridgehead atoms. The molecule has 2 aromatic carbocycles. The molecule has 1 N–H and O–H groups in total. The minimum absolute atomic E-state index is 0.123. The first-order valence-electron chi connectivity index (χ1n) is 8.77. The van der Waals surface area contributed by atoms with Crippen LogP contribution in [0.3, 0.4) is 0 Å². The number of carbonyl (C=O) groups excluding carboxylic acids is 1. The van der Waals surface area contributed by atoms with Crippen LogP contribution in [0.4, 0.5) is 5.69 Å². The summed E-state index contributed by atoms with van der Waals surface area (Å²) in [4.78, 5) is 30.1. The van der Waals surface area contributed by atoms with E-state index in [1.807, 2.05) is 66.9 Å². The quantitative estimate of drug-likeness (QED) is 0.309.